The molecule has 1 aliphatic heterocycles. The van der Waals surface area contributed by atoms with Crippen molar-refractivity contribution in [3.05, 3.63) is 34.6 Å². The second-order valence-corrected chi connectivity index (χ2v) is 5.92. The van der Waals surface area contributed by atoms with Crippen molar-refractivity contribution in [2.45, 2.75) is 38.6 Å². The van der Waals surface area contributed by atoms with Gasteiger partial charge in [0.2, 0.25) is 5.91 Å². The first kappa shape index (κ1) is 16.2. The molecule has 116 valence electrons. The molecule has 1 heterocycles. The summed E-state index contributed by atoms with van der Waals surface area (Å²) in [5.74, 6) is -0.469. The molecule has 2 rings (SSSR count). The minimum absolute atomic E-state index is 0.0260. The SMILES string of the molecule is CCCN(CC1CCCN1)C(=O)Cc1c(F)cccc1Cl. The normalized spacial score (nSPS) is 18.0. The highest BCUT2D eigenvalue weighted by Gasteiger charge is 2.22. The number of hydrogen-bond acceptors (Lipinski definition) is 2. The van der Waals surface area contributed by atoms with Crippen LogP contribution in [-0.4, -0.2) is 36.5 Å². The number of benzene rings is 1. The lowest BCUT2D eigenvalue weighted by molar-refractivity contribution is -0.130. The highest BCUT2D eigenvalue weighted by Crippen LogP contribution is 2.20. The molecule has 1 aromatic carbocycles. The number of rotatable bonds is 6. The molecule has 0 aliphatic carbocycles. The summed E-state index contributed by atoms with van der Waals surface area (Å²) in [5, 5.41) is 3.71. The van der Waals surface area contributed by atoms with Gasteiger partial charge in [-0.25, -0.2) is 4.39 Å². The molecule has 21 heavy (non-hydrogen) atoms. The van der Waals surface area contributed by atoms with E-state index in [9.17, 15) is 9.18 Å². The predicted octanol–water partition coefficient (Wildman–Crippen LogP) is 3.01. The van der Waals surface area contributed by atoms with Gasteiger partial charge < -0.3 is 10.2 Å². The van der Waals surface area contributed by atoms with E-state index >= 15 is 0 Å². The molecule has 1 aliphatic rings. The lowest BCUT2D eigenvalue weighted by atomic mass is 10.1. The number of nitrogens with one attached hydrogen (secondary N) is 1. The molecular formula is C16H22ClFN2O. The summed E-state index contributed by atoms with van der Waals surface area (Å²) in [6.45, 7) is 4.44. The van der Waals surface area contributed by atoms with Crippen molar-refractivity contribution >= 4 is 17.5 Å². The van der Waals surface area contributed by atoms with Gasteiger partial charge in [0.15, 0.2) is 0 Å². The molecule has 1 atom stereocenters. The van der Waals surface area contributed by atoms with Gasteiger partial charge in [-0.05, 0) is 37.9 Å². The van der Waals surface area contributed by atoms with Crippen molar-refractivity contribution in [2.75, 3.05) is 19.6 Å². The van der Waals surface area contributed by atoms with Gasteiger partial charge in [-0.2, -0.15) is 0 Å². The van der Waals surface area contributed by atoms with Crippen LogP contribution in [0, 0.1) is 5.82 Å². The second kappa shape index (κ2) is 7.76. The monoisotopic (exact) mass is 312 g/mol. The Balaban J connectivity index is 2.03. The summed E-state index contributed by atoms with van der Waals surface area (Å²) in [4.78, 5) is 14.3. The number of nitrogens with zero attached hydrogens (tertiary/aromatic N) is 1. The number of carbonyl (C=O) groups is 1. The molecule has 1 saturated heterocycles. The molecule has 0 bridgehead atoms. The van der Waals surface area contributed by atoms with Crippen LogP contribution in [-0.2, 0) is 11.2 Å². The summed E-state index contributed by atoms with van der Waals surface area (Å²) >= 11 is 6.00. The Morgan fingerprint density at radius 2 is 2.33 bits per heavy atom. The van der Waals surface area contributed by atoms with Crippen molar-refractivity contribution in [1.82, 2.24) is 10.2 Å². The first-order valence-electron chi connectivity index (χ1n) is 7.56. The van der Waals surface area contributed by atoms with Crippen LogP contribution in [0.3, 0.4) is 0 Å². The maximum absolute atomic E-state index is 13.8. The van der Waals surface area contributed by atoms with E-state index in [2.05, 4.69) is 5.32 Å². The van der Waals surface area contributed by atoms with Crippen LogP contribution < -0.4 is 5.32 Å². The van der Waals surface area contributed by atoms with E-state index in [0.717, 1.165) is 25.8 Å². The molecule has 0 saturated carbocycles. The highest BCUT2D eigenvalue weighted by molar-refractivity contribution is 6.31. The molecule has 1 unspecified atom stereocenters. The van der Waals surface area contributed by atoms with E-state index in [-0.39, 0.29) is 12.3 Å². The summed E-state index contributed by atoms with van der Waals surface area (Å²) < 4.78 is 13.8. The van der Waals surface area contributed by atoms with Gasteiger partial charge >= 0.3 is 0 Å². The zero-order chi connectivity index (χ0) is 15.2. The fourth-order valence-corrected chi connectivity index (χ4v) is 2.96. The topological polar surface area (TPSA) is 32.3 Å². The van der Waals surface area contributed by atoms with Gasteiger partial charge in [0.25, 0.3) is 0 Å². The smallest absolute Gasteiger partial charge is 0.227 e. The standard InChI is InChI=1S/C16H22ClFN2O/c1-2-9-20(11-12-5-4-8-19-12)16(21)10-13-14(17)6-3-7-15(13)18/h3,6-7,12,19H,2,4-5,8-11H2,1H3. The molecule has 1 aromatic rings. The summed E-state index contributed by atoms with van der Waals surface area (Å²) in [7, 11) is 0. The van der Waals surface area contributed by atoms with Gasteiger partial charge in [0.05, 0.1) is 6.42 Å². The molecule has 5 heteroatoms. The lowest BCUT2D eigenvalue weighted by Crippen LogP contribution is -2.42. The van der Waals surface area contributed by atoms with Gasteiger partial charge in [-0.1, -0.05) is 24.6 Å². The average molecular weight is 313 g/mol. The Labute approximate surface area is 130 Å². The molecule has 3 nitrogen and oxygen atoms in total. The first-order chi connectivity index (χ1) is 10.1. The van der Waals surface area contributed by atoms with Crippen molar-refractivity contribution in [1.29, 1.82) is 0 Å². The Morgan fingerprint density at radius 3 is 2.95 bits per heavy atom. The van der Waals surface area contributed by atoms with E-state index in [0.29, 0.717) is 29.7 Å². The number of amides is 1. The number of halogens is 2. The van der Waals surface area contributed by atoms with Crippen LogP contribution in [0.25, 0.3) is 0 Å². The minimum atomic E-state index is -0.411. The van der Waals surface area contributed by atoms with E-state index < -0.39 is 5.82 Å². The summed E-state index contributed by atoms with van der Waals surface area (Å²) in [6, 6.07) is 4.88. The number of carbonyl (C=O) groups excluding carboxylic acids is 1. The highest BCUT2D eigenvalue weighted by atomic mass is 35.5. The van der Waals surface area contributed by atoms with Crippen molar-refractivity contribution in [3.8, 4) is 0 Å². The third-order valence-electron chi connectivity index (χ3n) is 3.84. The first-order valence-corrected chi connectivity index (χ1v) is 7.93. The lowest BCUT2D eigenvalue weighted by Gasteiger charge is -2.26. The Hall–Kier alpha value is -1.13. The van der Waals surface area contributed by atoms with Crippen molar-refractivity contribution in [2.24, 2.45) is 0 Å². The fraction of sp³-hybridized carbons (Fsp3) is 0.562. The number of hydrogen-bond donors (Lipinski definition) is 1. The van der Waals surface area contributed by atoms with Gasteiger partial charge in [0, 0.05) is 29.7 Å². The summed E-state index contributed by atoms with van der Waals surface area (Å²) in [5.41, 5.74) is 0.296. The van der Waals surface area contributed by atoms with Crippen LogP contribution in [0.15, 0.2) is 18.2 Å². The largest absolute Gasteiger partial charge is 0.341 e. The maximum atomic E-state index is 13.8. The predicted molar refractivity (Wildman–Crippen MR) is 83.0 cm³/mol. The molecule has 0 aromatic heterocycles. The molecule has 1 amide bonds. The molecule has 0 spiro atoms. The maximum Gasteiger partial charge on any atom is 0.227 e. The minimum Gasteiger partial charge on any atom is -0.341 e. The van der Waals surface area contributed by atoms with Crippen LogP contribution in [0.5, 0.6) is 0 Å². The quantitative estimate of drug-likeness (QED) is 0.876. The average Bonchev–Trinajstić information content (AvgIpc) is 2.95. The molecular weight excluding hydrogens is 291 g/mol. The zero-order valence-electron chi connectivity index (χ0n) is 12.4. The molecule has 1 N–H and O–H groups in total. The van der Waals surface area contributed by atoms with E-state index in [1.807, 2.05) is 11.8 Å². The Morgan fingerprint density at radius 1 is 1.52 bits per heavy atom. The van der Waals surface area contributed by atoms with Crippen LogP contribution >= 0.6 is 11.6 Å². The molecule has 0 radical (unpaired) electrons. The van der Waals surface area contributed by atoms with Crippen LogP contribution in [0.4, 0.5) is 4.39 Å². The van der Waals surface area contributed by atoms with Crippen molar-refractivity contribution in [3.63, 3.8) is 0 Å². The Bertz CT molecular complexity index is 469. The third-order valence-corrected chi connectivity index (χ3v) is 4.19. The van der Waals surface area contributed by atoms with Gasteiger partial charge in [0.1, 0.15) is 5.82 Å². The fourth-order valence-electron chi connectivity index (χ4n) is 2.73. The van der Waals surface area contributed by atoms with E-state index in [1.54, 1.807) is 12.1 Å². The van der Waals surface area contributed by atoms with E-state index in [1.165, 1.54) is 6.07 Å². The zero-order valence-corrected chi connectivity index (χ0v) is 13.1. The molecule has 1 fully saturated rings. The summed E-state index contributed by atoms with van der Waals surface area (Å²) in [6.07, 6.45) is 3.16. The van der Waals surface area contributed by atoms with Crippen LogP contribution in [0.1, 0.15) is 31.7 Å². The van der Waals surface area contributed by atoms with Crippen LogP contribution in [0.2, 0.25) is 5.02 Å². The van der Waals surface area contributed by atoms with Crippen molar-refractivity contribution < 1.29 is 9.18 Å². The van der Waals surface area contributed by atoms with Gasteiger partial charge in [-0.15, -0.1) is 0 Å². The second-order valence-electron chi connectivity index (χ2n) is 5.51. The van der Waals surface area contributed by atoms with E-state index in [4.69, 9.17) is 11.6 Å². The van der Waals surface area contributed by atoms with Gasteiger partial charge in [-0.3, -0.25) is 4.79 Å². The third kappa shape index (κ3) is 4.42. The Kier molecular flexibility index (Phi) is 6.00.